The van der Waals surface area contributed by atoms with Crippen LogP contribution in [0.15, 0.2) is 30.9 Å². The molecule has 134 valence electrons. The second kappa shape index (κ2) is 7.96. The van der Waals surface area contributed by atoms with E-state index in [1.54, 1.807) is 36.1 Å². The Balaban J connectivity index is 2.34. The smallest absolute Gasteiger partial charge is 0.265 e. The molecule has 1 aromatic carbocycles. The van der Waals surface area contributed by atoms with Crippen LogP contribution in [0.2, 0.25) is 0 Å². The number of Topliss-reactive ketones (excluding diaryl/α,β-unsaturated/α-hetero) is 1. The lowest BCUT2D eigenvalue weighted by Crippen LogP contribution is -2.42. The average Bonchev–Trinajstić information content (AvgIpc) is 2.60. The molecule has 0 fully saturated rings. The summed E-state index contributed by atoms with van der Waals surface area (Å²) in [6.45, 7) is 9.61. The molecule has 1 aliphatic heterocycles. The van der Waals surface area contributed by atoms with Crippen molar-refractivity contribution in [3.8, 4) is 5.75 Å². The van der Waals surface area contributed by atoms with Crippen LogP contribution < -0.4 is 9.64 Å². The van der Waals surface area contributed by atoms with Crippen molar-refractivity contribution in [3.05, 3.63) is 36.4 Å². The zero-order valence-corrected chi connectivity index (χ0v) is 14.9. The summed E-state index contributed by atoms with van der Waals surface area (Å²) in [5.41, 5.74) is 1.05. The van der Waals surface area contributed by atoms with Gasteiger partial charge in [0.25, 0.3) is 5.91 Å². The zero-order chi connectivity index (χ0) is 18.6. The number of anilines is 1. The third kappa shape index (κ3) is 3.90. The predicted octanol–water partition coefficient (Wildman–Crippen LogP) is 2.43. The van der Waals surface area contributed by atoms with Gasteiger partial charge in [-0.1, -0.05) is 13.0 Å². The van der Waals surface area contributed by atoms with Crippen LogP contribution in [0, 0.1) is 0 Å². The Morgan fingerprint density at radius 3 is 2.76 bits per heavy atom. The van der Waals surface area contributed by atoms with Crippen molar-refractivity contribution in [2.24, 2.45) is 0 Å². The molecular weight excluding hydrogens is 320 g/mol. The van der Waals surface area contributed by atoms with Crippen LogP contribution in [-0.4, -0.2) is 48.2 Å². The van der Waals surface area contributed by atoms with Crippen molar-refractivity contribution >= 4 is 23.3 Å². The summed E-state index contributed by atoms with van der Waals surface area (Å²) in [5.74, 6) is 0.0925. The maximum absolute atomic E-state index is 12.8. The summed E-state index contributed by atoms with van der Waals surface area (Å²) in [5, 5.41) is 0. The number of carbonyl (C=O) groups excluding carboxylic acids is 3. The van der Waals surface area contributed by atoms with Crippen LogP contribution in [0.25, 0.3) is 0 Å². The van der Waals surface area contributed by atoms with Gasteiger partial charge in [0.05, 0.1) is 11.7 Å². The van der Waals surface area contributed by atoms with Gasteiger partial charge in [-0.2, -0.15) is 0 Å². The minimum atomic E-state index is -0.617. The zero-order valence-electron chi connectivity index (χ0n) is 14.9. The second-order valence-electron chi connectivity index (χ2n) is 6.02. The lowest BCUT2D eigenvalue weighted by Gasteiger charge is -2.30. The Kier molecular flexibility index (Phi) is 5.96. The number of amides is 2. The molecule has 6 nitrogen and oxygen atoms in total. The molecule has 0 spiro atoms. The van der Waals surface area contributed by atoms with Crippen molar-refractivity contribution < 1.29 is 19.1 Å². The fourth-order valence-corrected chi connectivity index (χ4v) is 2.91. The van der Waals surface area contributed by atoms with Crippen molar-refractivity contribution in [2.45, 2.75) is 33.2 Å². The molecule has 2 amide bonds. The molecule has 6 heteroatoms. The summed E-state index contributed by atoms with van der Waals surface area (Å²) in [6, 6.07) is 4.43. The van der Waals surface area contributed by atoms with Crippen LogP contribution >= 0.6 is 0 Å². The molecular formula is C19H24N2O4. The van der Waals surface area contributed by atoms with Gasteiger partial charge >= 0.3 is 0 Å². The summed E-state index contributed by atoms with van der Waals surface area (Å²) in [6.07, 6.45) is 2.39. The number of hydrogen-bond acceptors (Lipinski definition) is 4. The molecule has 0 N–H and O–H groups in total. The predicted molar refractivity (Wildman–Crippen MR) is 96.0 cm³/mol. The molecule has 1 atom stereocenters. The molecule has 0 radical (unpaired) electrons. The van der Waals surface area contributed by atoms with E-state index in [9.17, 15) is 14.4 Å². The second-order valence-corrected chi connectivity index (χ2v) is 6.02. The van der Waals surface area contributed by atoms with Gasteiger partial charge in [0.1, 0.15) is 5.75 Å². The minimum Gasteiger partial charge on any atom is -0.482 e. The fraction of sp³-hybridized carbons (Fsp3) is 0.421. The number of ether oxygens (including phenoxy) is 1. The Hall–Kier alpha value is -2.63. The maximum atomic E-state index is 12.8. The van der Waals surface area contributed by atoms with Gasteiger partial charge in [0.2, 0.25) is 5.91 Å². The molecule has 0 saturated heterocycles. The van der Waals surface area contributed by atoms with Gasteiger partial charge in [0, 0.05) is 25.6 Å². The quantitative estimate of drug-likeness (QED) is 0.563. The highest BCUT2D eigenvalue weighted by Crippen LogP contribution is 2.33. The molecule has 2 rings (SSSR count). The summed E-state index contributed by atoms with van der Waals surface area (Å²) >= 11 is 0. The Labute approximate surface area is 148 Å². The third-order valence-corrected chi connectivity index (χ3v) is 4.21. The van der Waals surface area contributed by atoms with E-state index in [1.165, 1.54) is 11.8 Å². The molecule has 25 heavy (non-hydrogen) atoms. The molecule has 0 aromatic heterocycles. The molecule has 1 aliphatic rings. The van der Waals surface area contributed by atoms with E-state index in [-0.39, 0.29) is 24.2 Å². The minimum absolute atomic E-state index is 0.00808. The van der Waals surface area contributed by atoms with E-state index < -0.39 is 6.04 Å². The van der Waals surface area contributed by atoms with Gasteiger partial charge in [-0.05, 0) is 31.5 Å². The van der Waals surface area contributed by atoms with E-state index in [0.717, 1.165) is 6.42 Å². The highest BCUT2D eigenvalue weighted by atomic mass is 16.5. The number of benzene rings is 1. The van der Waals surface area contributed by atoms with Gasteiger partial charge in [-0.25, -0.2) is 0 Å². The molecule has 0 bridgehead atoms. The first kappa shape index (κ1) is 18.7. The van der Waals surface area contributed by atoms with E-state index in [0.29, 0.717) is 30.1 Å². The van der Waals surface area contributed by atoms with Gasteiger partial charge in [0.15, 0.2) is 12.4 Å². The maximum Gasteiger partial charge on any atom is 0.265 e. The van der Waals surface area contributed by atoms with Crippen molar-refractivity contribution in [1.29, 1.82) is 0 Å². The highest BCUT2D eigenvalue weighted by molar-refractivity contribution is 6.04. The Morgan fingerprint density at radius 2 is 2.16 bits per heavy atom. The van der Waals surface area contributed by atoms with Crippen molar-refractivity contribution in [2.75, 3.05) is 24.6 Å². The first-order valence-corrected chi connectivity index (χ1v) is 8.40. The number of hydrogen-bond donors (Lipinski definition) is 0. The summed E-state index contributed by atoms with van der Waals surface area (Å²) in [4.78, 5) is 39.8. The lowest BCUT2D eigenvalue weighted by atomic mass is 10.0. The number of rotatable bonds is 7. The van der Waals surface area contributed by atoms with Gasteiger partial charge in [-0.3, -0.25) is 14.4 Å². The monoisotopic (exact) mass is 344 g/mol. The van der Waals surface area contributed by atoms with Gasteiger partial charge in [-0.15, -0.1) is 6.58 Å². The molecule has 0 saturated carbocycles. The van der Waals surface area contributed by atoms with Crippen LogP contribution in [0.4, 0.5) is 5.69 Å². The molecule has 1 heterocycles. The van der Waals surface area contributed by atoms with Crippen LogP contribution in [0.5, 0.6) is 5.75 Å². The fourth-order valence-electron chi connectivity index (χ4n) is 2.91. The van der Waals surface area contributed by atoms with E-state index >= 15 is 0 Å². The molecule has 0 aliphatic carbocycles. The van der Waals surface area contributed by atoms with E-state index in [4.69, 9.17) is 4.74 Å². The third-order valence-electron chi connectivity index (χ3n) is 4.21. The normalized spacial score (nSPS) is 14.4. The van der Waals surface area contributed by atoms with Crippen LogP contribution in [-0.2, 0) is 9.59 Å². The standard InChI is InChI=1S/C19H24N2O4/c1-5-9-20(14(4)22)13(3)19(24)15-7-8-17-16(11-15)21(10-6-2)18(23)12-25-17/h5,7-8,11,13H,1,6,9-10,12H2,2-4H3. The molecule has 1 aromatic rings. The Morgan fingerprint density at radius 1 is 1.44 bits per heavy atom. The SMILES string of the molecule is C=CCN(C(C)=O)C(C)C(=O)c1ccc2c(c1)N(CCC)C(=O)CO2. The first-order valence-electron chi connectivity index (χ1n) is 8.40. The number of carbonyl (C=O) groups is 3. The van der Waals surface area contributed by atoms with Crippen LogP contribution in [0.3, 0.4) is 0 Å². The summed E-state index contributed by atoms with van der Waals surface area (Å²) < 4.78 is 5.45. The Bertz CT molecular complexity index is 699. The number of ketones is 1. The highest BCUT2D eigenvalue weighted by Gasteiger charge is 2.28. The van der Waals surface area contributed by atoms with Crippen molar-refractivity contribution in [1.82, 2.24) is 4.90 Å². The lowest BCUT2D eigenvalue weighted by molar-refractivity contribution is -0.129. The van der Waals surface area contributed by atoms with Crippen molar-refractivity contribution in [3.63, 3.8) is 0 Å². The number of fused-ring (bicyclic) bond motifs is 1. The molecule has 1 unspecified atom stereocenters. The largest absolute Gasteiger partial charge is 0.482 e. The first-order chi connectivity index (χ1) is 11.9. The van der Waals surface area contributed by atoms with E-state index in [1.807, 2.05) is 6.92 Å². The van der Waals surface area contributed by atoms with Crippen LogP contribution in [0.1, 0.15) is 37.6 Å². The van der Waals surface area contributed by atoms with E-state index in [2.05, 4.69) is 6.58 Å². The number of nitrogens with zero attached hydrogens (tertiary/aromatic N) is 2. The average molecular weight is 344 g/mol. The summed E-state index contributed by atoms with van der Waals surface area (Å²) in [7, 11) is 0. The topological polar surface area (TPSA) is 66.9 Å². The van der Waals surface area contributed by atoms with Gasteiger partial charge < -0.3 is 14.5 Å².